The van der Waals surface area contributed by atoms with Crippen LogP contribution >= 0.6 is 31.9 Å². The van der Waals surface area contributed by atoms with E-state index in [4.69, 9.17) is 5.73 Å². The van der Waals surface area contributed by atoms with Crippen molar-refractivity contribution < 1.29 is 4.21 Å². The highest BCUT2D eigenvalue weighted by molar-refractivity contribution is 9.10. The highest BCUT2D eigenvalue weighted by Crippen LogP contribution is 2.26. The van der Waals surface area contributed by atoms with Crippen LogP contribution in [0.1, 0.15) is 5.56 Å². The van der Waals surface area contributed by atoms with E-state index in [0.29, 0.717) is 11.4 Å². The lowest BCUT2D eigenvalue weighted by atomic mass is 10.2. The topological polar surface area (TPSA) is 43.1 Å². The lowest BCUT2D eigenvalue weighted by Gasteiger charge is -2.07. The Balaban J connectivity index is 2.25. The van der Waals surface area contributed by atoms with Crippen molar-refractivity contribution in [2.45, 2.75) is 10.6 Å². The summed E-state index contributed by atoms with van der Waals surface area (Å²) in [5, 5.41) is 0. The van der Waals surface area contributed by atoms with Gasteiger partial charge < -0.3 is 5.73 Å². The molecule has 0 aliphatic carbocycles. The average Bonchev–Trinajstić information content (AvgIpc) is 2.32. The number of hydrogen-bond acceptors (Lipinski definition) is 2. The van der Waals surface area contributed by atoms with Gasteiger partial charge in [0.2, 0.25) is 0 Å². The summed E-state index contributed by atoms with van der Waals surface area (Å²) in [5.41, 5.74) is 7.35. The maximum absolute atomic E-state index is 12.3. The molecule has 1 unspecified atom stereocenters. The van der Waals surface area contributed by atoms with Crippen molar-refractivity contribution in [3.05, 3.63) is 57.0 Å². The number of anilines is 1. The monoisotopic (exact) mass is 387 g/mol. The fourth-order valence-corrected chi connectivity index (χ4v) is 4.27. The second-order valence-corrected chi connectivity index (χ2v) is 6.90. The first-order valence-corrected chi connectivity index (χ1v) is 8.15. The van der Waals surface area contributed by atoms with Crippen molar-refractivity contribution in [1.82, 2.24) is 0 Å². The molecule has 0 saturated heterocycles. The Morgan fingerprint density at radius 3 is 2.44 bits per heavy atom. The molecule has 0 amide bonds. The van der Waals surface area contributed by atoms with Crippen molar-refractivity contribution in [3.8, 4) is 0 Å². The van der Waals surface area contributed by atoms with E-state index in [1.165, 1.54) is 0 Å². The van der Waals surface area contributed by atoms with Gasteiger partial charge in [-0.15, -0.1) is 0 Å². The number of benzene rings is 2. The van der Waals surface area contributed by atoms with E-state index in [9.17, 15) is 4.21 Å². The molecule has 0 aliphatic heterocycles. The van der Waals surface area contributed by atoms with E-state index in [0.717, 1.165) is 19.4 Å². The predicted octanol–water partition coefficient (Wildman–Crippen LogP) is 4.10. The van der Waals surface area contributed by atoms with Crippen LogP contribution in [0.25, 0.3) is 0 Å². The number of halogens is 2. The molecule has 2 aromatic carbocycles. The fourth-order valence-electron chi connectivity index (χ4n) is 1.54. The quantitative estimate of drug-likeness (QED) is 0.804. The van der Waals surface area contributed by atoms with Crippen molar-refractivity contribution in [1.29, 1.82) is 0 Å². The molecule has 0 fully saturated rings. The molecule has 0 saturated carbocycles. The van der Waals surface area contributed by atoms with Gasteiger partial charge in [-0.2, -0.15) is 0 Å². The van der Waals surface area contributed by atoms with Gasteiger partial charge in [-0.05, 0) is 45.8 Å². The van der Waals surface area contributed by atoms with Gasteiger partial charge in [-0.1, -0.05) is 34.1 Å². The largest absolute Gasteiger partial charge is 0.399 e. The van der Waals surface area contributed by atoms with Crippen molar-refractivity contribution in [3.63, 3.8) is 0 Å². The first-order valence-electron chi connectivity index (χ1n) is 5.25. The van der Waals surface area contributed by atoms with Crippen LogP contribution in [-0.4, -0.2) is 4.21 Å². The summed E-state index contributed by atoms with van der Waals surface area (Å²) in [4.78, 5) is 0.764. The summed E-state index contributed by atoms with van der Waals surface area (Å²) >= 11 is 6.86. The highest BCUT2D eigenvalue weighted by Gasteiger charge is 2.11. The third-order valence-corrected chi connectivity index (χ3v) is 5.56. The fraction of sp³-hybridized carbons (Fsp3) is 0.0769. The molecular formula is C13H11Br2NOS. The third kappa shape index (κ3) is 3.22. The summed E-state index contributed by atoms with van der Waals surface area (Å²) in [7, 11) is -1.10. The Morgan fingerprint density at radius 2 is 1.78 bits per heavy atom. The summed E-state index contributed by atoms with van der Waals surface area (Å²) < 4.78 is 14.1. The lowest BCUT2D eigenvalue weighted by molar-refractivity contribution is 0.682. The van der Waals surface area contributed by atoms with Crippen molar-refractivity contribution in [2.24, 2.45) is 0 Å². The van der Waals surface area contributed by atoms with Gasteiger partial charge in [-0.3, -0.25) is 4.21 Å². The standard InChI is InChI=1S/C13H11Br2NOS/c14-11-4-2-1-3-9(11)8-18(17)13-6-5-10(16)7-12(13)15/h1-7H,8,16H2. The van der Waals surface area contributed by atoms with Gasteiger partial charge in [0.05, 0.1) is 21.4 Å². The number of nitrogens with two attached hydrogens (primary N) is 1. The number of hydrogen-bond donors (Lipinski definition) is 1. The molecule has 0 radical (unpaired) electrons. The highest BCUT2D eigenvalue weighted by atomic mass is 79.9. The first-order chi connectivity index (χ1) is 8.58. The second kappa shape index (κ2) is 5.99. The molecular weight excluding hydrogens is 378 g/mol. The molecule has 0 spiro atoms. The maximum atomic E-state index is 12.3. The van der Waals surface area contributed by atoms with Gasteiger partial charge in [0.1, 0.15) is 0 Å². The van der Waals surface area contributed by atoms with E-state index in [1.54, 1.807) is 18.2 Å². The average molecular weight is 389 g/mol. The van der Waals surface area contributed by atoms with Gasteiger partial charge >= 0.3 is 0 Å². The SMILES string of the molecule is Nc1ccc(S(=O)Cc2ccccc2Br)c(Br)c1. The van der Waals surface area contributed by atoms with Crippen molar-refractivity contribution >= 4 is 48.3 Å². The summed E-state index contributed by atoms with van der Waals surface area (Å²) in [5.74, 6) is 0.476. The summed E-state index contributed by atoms with van der Waals surface area (Å²) in [6.45, 7) is 0. The Labute approximate surface area is 125 Å². The minimum atomic E-state index is -1.10. The van der Waals surface area contributed by atoms with Crippen LogP contribution in [-0.2, 0) is 16.6 Å². The van der Waals surface area contributed by atoms with E-state index < -0.39 is 10.8 Å². The second-order valence-electron chi connectivity index (χ2n) is 3.77. The van der Waals surface area contributed by atoms with Gasteiger partial charge in [0.25, 0.3) is 0 Å². The molecule has 2 rings (SSSR count). The molecule has 2 N–H and O–H groups in total. The first kappa shape index (κ1) is 13.8. The molecule has 94 valence electrons. The number of nitrogen functional groups attached to an aromatic ring is 1. The van der Waals surface area contributed by atoms with Crippen LogP contribution in [0, 0.1) is 0 Å². The maximum Gasteiger partial charge on any atom is 0.0586 e. The Bertz CT molecular complexity index is 601. The van der Waals surface area contributed by atoms with Gasteiger partial charge in [-0.25, -0.2) is 0 Å². The zero-order valence-electron chi connectivity index (χ0n) is 9.40. The molecule has 1 atom stereocenters. The Morgan fingerprint density at radius 1 is 1.06 bits per heavy atom. The smallest absolute Gasteiger partial charge is 0.0586 e. The van der Waals surface area contributed by atoms with Crippen LogP contribution in [0.5, 0.6) is 0 Å². The zero-order valence-corrected chi connectivity index (χ0v) is 13.4. The van der Waals surface area contributed by atoms with Crippen LogP contribution < -0.4 is 5.73 Å². The summed E-state index contributed by atoms with van der Waals surface area (Å²) in [6.07, 6.45) is 0. The molecule has 5 heteroatoms. The normalized spacial score (nSPS) is 12.3. The zero-order chi connectivity index (χ0) is 13.1. The molecule has 2 nitrogen and oxygen atoms in total. The van der Waals surface area contributed by atoms with Gasteiger partial charge in [0.15, 0.2) is 0 Å². The molecule has 0 aliphatic rings. The lowest BCUT2D eigenvalue weighted by Crippen LogP contribution is -1.99. The minimum absolute atomic E-state index is 0.476. The predicted molar refractivity (Wildman–Crippen MR) is 82.8 cm³/mol. The molecule has 2 aromatic rings. The van der Waals surface area contributed by atoms with Crippen molar-refractivity contribution in [2.75, 3.05) is 5.73 Å². The van der Waals surface area contributed by atoms with Crippen LogP contribution in [0.4, 0.5) is 5.69 Å². The van der Waals surface area contributed by atoms with Crippen LogP contribution in [0.3, 0.4) is 0 Å². The molecule has 0 aromatic heterocycles. The number of rotatable bonds is 3. The minimum Gasteiger partial charge on any atom is -0.399 e. The van der Waals surface area contributed by atoms with E-state index >= 15 is 0 Å². The Kier molecular flexibility index (Phi) is 4.59. The third-order valence-electron chi connectivity index (χ3n) is 2.45. The van der Waals surface area contributed by atoms with Gasteiger partial charge in [0, 0.05) is 14.6 Å². The van der Waals surface area contributed by atoms with Crippen LogP contribution in [0.15, 0.2) is 56.3 Å². The van der Waals surface area contributed by atoms with E-state index in [1.807, 2.05) is 24.3 Å². The van der Waals surface area contributed by atoms with E-state index in [-0.39, 0.29) is 0 Å². The molecule has 18 heavy (non-hydrogen) atoms. The Hall–Kier alpha value is -0.650. The molecule has 0 heterocycles. The summed E-state index contributed by atoms with van der Waals surface area (Å²) in [6, 6.07) is 13.1. The van der Waals surface area contributed by atoms with Crippen LogP contribution in [0.2, 0.25) is 0 Å². The van der Waals surface area contributed by atoms with E-state index in [2.05, 4.69) is 31.9 Å². The molecule has 0 bridgehead atoms.